The van der Waals surface area contributed by atoms with Gasteiger partial charge in [0.25, 0.3) is 0 Å². The monoisotopic (exact) mass is 330 g/mol. The number of benzene rings is 1. The van der Waals surface area contributed by atoms with Crippen molar-refractivity contribution in [3.63, 3.8) is 0 Å². The minimum atomic E-state index is 0.282. The lowest BCUT2D eigenvalue weighted by Gasteiger charge is -2.12. The van der Waals surface area contributed by atoms with Crippen LogP contribution in [0, 0.1) is 0 Å². The Hall–Kier alpha value is -2.05. The van der Waals surface area contributed by atoms with Crippen LogP contribution in [0.5, 0.6) is 0 Å². The molecular formula is C18H26N4O2. The number of nitrogens with one attached hydrogen (secondary N) is 3. The number of fused-ring (bicyclic) bond motifs is 1. The Labute approximate surface area is 142 Å². The molecule has 24 heavy (non-hydrogen) atoms. The predicted octanol–water partition coefficient (Wildman–Crippen LogP) is 2.03. The largest absolute Gasteiger partial charge is 0.379 e. The summed E-state index contributed by atoms with van der Waals surface area (Å²) < 4.78 is 11.0. The lowest BCUT2D eigenvalue weighted by Crippen LogP contribution is -2.37. The van der Waals surface area contributed by atoms with Crippen molar-refractivity contribution in [1.29, 1.82) is 0 Å². The fourth-order valence-corrected chi connectivity index (χ4v) is 2.80. The molecular weight excluding hydrogens is 304 g/mol. The first kappa shape index (κ1) is 16.8. The van der Waals surface area contributed by atoms with Crippen molar-refractivity contribution >= 4 is 16.9 Å². The van der Waals surface area contributed by atoms with E-state index in [0.29, 0.717) is 6.54 Å². The summed E-state index contributed by atoms with van der Waals surface area (Å²) in [7, 11) is 1.78. The normalized spacial score (nSPS) is 18.2. The zero-order chi connectivity index (χ0) is 16.6. The van der Waals surface area contributed by atoms with Crippen molar-refractivity contribution in [3.8, 4) is 0 Å². The topological polar surface area (TPSA) is 70.7 Å². The first-order chi connectivity index (χ1) is 11.8. The molecule has 2 heterocycles. The standard InChI is InChI=1S/C18H26N4O2/c1-19-18(20-8-4-9-24-16-7-10-23-13-16)21-12-15-11-14-5-2-3-6-17(14)22-15/h2-3,5-6,11,16,22H,4,7-10,12-13H2,1H3,(H2,19,20,21). The van der Waals surface area contributed by atoms with Crippen molar-refractivity contribution < 1.29 is 9.47 Å². The highest BCUT2D eigenvalue weighted by Gasteiger charge is 2.15. The highest BCUT2D eigenvalue weighted by atomic mass is 16.5. The maximum atomic E-state index is 5.75. The number of aromatic nitrogens is 1. The minimum Gasteiger partial charge on any atom is -0.379 e. The van der Waals surface area contributed by atoms with Gasteiger partial charge in [0.15, 0.2) is 5.96 Å². The van der Waals surface area contributed by atoms with Crippen LogP contribution < -0.4 is 10.6 Å². The van der Waals surface area contributed by atoms with Gasteiger partial charge in [-0.15, -0.1) is 0 Å². The maximum absolute atomic E-state index is 5.75. The Bertz CT molecular complexity index is 629. The summed E-state index contributed by atoms with van der Waals surface area (Å²) in [5.41, 5.74) is 2.30. The Morgan fingerprint density at radius 3 is 3.08 bits per heavy atom. The lowest BCUT2D eigenvalue weighted by molar-refractivity contribution is 0.0420. The van der Waals surface area contributed by atoms with Gasteiger partial charge in [0.05, 0.1) is 19.3 Å². The predicted molar refractivity (Wildman–Crippen MR) is 96.3 cm³/mol. The maximum Gasteiger partial charge on any atom is 0.191 e. The van der Waals surface area contributed by atoms with E-state index >= 15 is 0 Å². The SMILES string of the molecule is CN=C(NCCCOC1CCOC1)NCc1cc2ccccc2[nH]1. The second-order valence-electron chi connectivity index (χ2n) is 5.94. The Morgan fingerprint density at radius 2 is 2.29 bits per heavy atom. The van der Waals surface area contributed by atoms with Gasteiger partial charge in [-0.2, -0.15) is 0 Å². The van der Waals surface area contributed by atoms with E-state index in [1.165, 1.54) is 5.39 Å². The molecule has 0 bridgehead atoms. The van der Waals surface area contributed by atoms with Gasteiger partial charge in [0.2, 0.25) is 0 Å². The summed E-state index contributed by atoms with van der Waals surface area (Å²) in [6, 6.07) is 10.4. The van der Waals surface area contributed by atoms with Crippen LogP contribution in [-0.4, -0.2) is 50.5 Å². The van der Waals surface area contributed by atoms with E-state index in [1.807, 2.05) is 12.1 Å². The van der Waals surface area contributed by atoms with E-state index in [2.05, 4.69) is 38.8 Å². The lowest BCUT2D eigenvalue weighted by atomic mass is 10.2. The molecule has 1 aromatic carbocycles. The van der Waals surface area contributed by atoms with Crippen LogP contribution in [-0.2, 0) is 16.0 Å². The van der Waals surface area contributed by atoms with Gasteiger partial charge < -0.3 is 25.1 Å². The quantitative estimate of drug-likeness (QED) is 0.413. The van der Waals surface area contributed by atoms with Crippen molar-refractivity contribution in [3.05, 3.63) is 36.0 Å². The summed E-state index contributed by atoms with van der Waals surface area (Å²) in [6.45, 7) is 3.86. The Kier molecular flexibility index (Phi) is 6.09. The summed E-state index contributed by atoms with van der Waals surface area (Å²) in [6.07, 6.45) is 2.24. The first-order valence-electron chi connectivity index (χ1n) is 8.55. The van der Waals surface area contributed by atoms with Gasteiger partial charge in [0, 0.05) is 38.0 Å². The van der Waals surface area contributed by atoms with Crippen LogP contribution in [0.15, 0.2) is 35.3 Å². The summed E-state index contributed by atoms with van der Waals surface area (Å²) in [4.78, 5) is 7.66. The summed E-state index contributed by atoms with van der Waals surface area (Å²) in [5, 5.41) is 7.87. The smallest absolute Gasteiger partial charge is 0.191 e. The van der Waals surface area contributed by atoms with Crippen LogP contribution in [0.4, 0.5) is 0 Å². The van der Waals surface area contributed by atoms with Gasteiger partial charge in [-0.3, -0.25) is 4.99 Å². The van der Waals surface area contributed by atoms with E-state index in [9.17, 15) is 0 Å². The molecule has 1 aromatic heterocycles. The molecule has 6 nitrogen and oxygen atoms in total. The molecule has 1 fully saturated rings. The number of para-hydroxylation sites is 1. The van der Waals surface area contributed by atoms with Crippen LogP contribution in [0.25, 0.3) is 10.9 Å². The third kappa shape index (κ3) is 4.72. The molecule has 130 valence electrons. The molecule has 0 radical (unpaired) electrons. The number of aliphatic imine (C=N–C) groups is 1. The molecule has 1 unspecified atom stereocenters. The van der Waals surface area contributed by atoms with Gasteiger partial charge in [0.1, 0.15) is 0 Å². The average Bonchev–Trinajstić information content (AvgIpc) is 3.26. The van der Waals surface area contributed by atoms with Crippen molar-refractivity contribution in [1.82, 2.24) is 15.6 Å². The number of H-pyrrole nitrogens is 1. The molecule has 0 aliphatic carbocycles. The van der Waals surface area contributed by atoms with Gasteiger partial charge in [-0.05, 0) is 30.4 Å². The van der Waals surface area contributed by atoms with Crippen molar-refractivity contribution in [2.45, 2.75) is 25.5 Å². The van der Waals surface area contributed by atoms with Crippen molar-refractivity contribution in [2.75, 3.05) is 33.4 Å². The molecule has 6 heteroatoms. The number of nitrogens with zero attached hydrogens (tertiary/aromatic N) is 1. The highest BCUT2D eigenvalue weighted by Crippen LogP contribution is 2.14. The zero-order valence-corrected chi connectivity index (χ0v) is 14.2. The fraction of sp³-hybridized carbons (Fsp3) is 0.500. The number of hydrogen-bond acceptors (Lipinski definition) is 3. The number of hydrogen-bond donors (Lipinski definition) is 3. The summed E-state index contributed by atoms with van der Waals surface area (Å²) in [5.74, 6) is 0.804. The fourth-order valence-electron chi connectivity index (χ4n) is 2.80. The Morgan fingerprint density at radius 1 is 1.38 bits per heavy atom. The third-order valence-electron chi connectivity index (χ3n) is 4.11. The van der Waals surface area contributed by atoms with Gasteiger partial charge in [-0.1, -0.05) is 18.2 Å². The molecule has 3 rings (SSSR count). The van der Waals surface area contributed by atoms with Gasteiger partial charge >= 0.3 is 0 Å². The van der Waals surface area contributed by atoms with E-state index in [-0.39, 0.29) is 6.10 Å². The number of guanidine groups is 1. The van der Waals surface area contributed by atoms with Crippen LogP contribution in [0.2, 0.25) is 0 Å². The molecule has 3 N–H and O–H groups in total. The molecule has 2 aromatic rings. The molecule has 1 atom stereocenters. The molecule has 1 saturated heterocycles. The number of ether oxygens (including phenoxy) is 2. The van der Waals surface area contributed by atoms with E-state index in [0.717, 1.165) is 56.4 Å². The molecule has 1 aliphatic heterocycles. The molecule has 1 aliphatic rings. The van der Waals surface area contributed by atoms with E-state index in [4.69, 9.17) is 9.47 Å². The number of aromatic amines is 1. The zero-order valence-electron chi connectivity index (χ0n) is 14.2. The van der Waals surface area contributed by atoms with Crippen LogP contribution in [0.3, 0.4) is 0 Å². The third-order valence-corrected chi connectivity index (χ3v) is 4.11. The van der Waals surface area contributed by atoms with E-state index < -0.39 is 0 Å². The molecule has 0 spiro atoms. The average molecular weight is 330 g/mol. The Balaban J connectivity index is 1.35. The second kappa shape index (κ2) is 8.70. The van der Waals surface area contributed by atoms with E-state index in [1.54, 1.807) is 7.05 Å². The van der Waals surface area contributed by atoms with Crippen molar-refractivity contribution in [2.24, 2.45) is 4.99 Å². The van der Waals surface area contributed by atoms with Gasteiger partial charge in [-0.25, -0.2) is 0 Å². The highest BCUT2D eigenvalue weighted by molar-refractivity contribution is 5.81. The van der Waals surface area contributed by atoms with Crippen LogP contribution in [0.1, 0.15) is 18.5 Å². The summed E-state index contributed by atoms with van der Waals surface area (Å²) >= 11 is 0. The first-order valence-corrected chi connectivity index (χ1v) is 8.55. The minimum absolute atomic E-state index is 0.282. The molecule has 0 amide bonds. The molecule has 0 saturated carbocycles. The number of rotatable bonds is 7. The second-order valence-corrected chi connectivity index (χ2v) is 5.94. The van der Waals surface area contributed by atoms with Crippen LogP contribution >= 0.6 is 0 Å².